The largest absolute Gasteiger partial charge is 0.478 e. The van der Waals surface area contributed by atoms with Gasteiger partial charge in [0.15, 0.2) is 0 Å². The van der Waals surface area contributed by atoms with Gasteiger partial charge in [-0.15, -0.1) is 0 Å². The normalized spacial score (nSPS) is 11.9. The minimum atomic E-state index is -1.45. The van der Waals surface area contributed by atoms with Crippen molar-refractivity contribution in [2.75, 3.05) is 13.2 Å². The number of esters is 2. The summed E-state index contributed by atoms with van der Waals surface area (Å²) in [7, 11) is 0. The number of carboxylic acid groups (broad SMARTS) is 2. The number of aliphatic hydroxyl groups is 2. The van der Waals surface area contributed by atoms with E-state index in [1.54, 1.807) is 6.92 Å². The summed E-state index contributed by atoms with van der Waals surface area (Å²) in [6.07, 6.45) is -0.0146. The summed E-state index contributed by atoms with van der Waals surface area (Å²) in [5, 5.41) is 33.0. The number of nitrogens with two attached hydrogens (primary N) is 1. The second-order valence-corrected chi connectivity index (χ2v) is 6.98. The lowest BCUT2D eigenvalue weighted by molar-refractivity contribution is -0.141. The average molecular weight is 477 g/mol. The van der Waals surface area contributed by atoms with Crippen LogP contribution < -0.4 is 15.2 Å². The molecule has 2 rings (SSSR count). The zero-order chi connectivity index (χ0) is 25.7. The van der Waals surface area contributed by atoms with Gasteiger partial charge in [0.25, 0.3) is 0 Å². The first-order valence-corrected chi connectivity index (χ1v) is 10.2. The Kier molecular flexibility index (Phi) is 11.4. The van der Waals surface area contributed by atoms with Crippen LogP contribution in [0.2, 0.25) is 0 Å². The molecular formula is C23H27NO10. The van der Waals surface area contributed by atoms with E-state index in [0.717, 1.165) is 0 Å². The number of rotatable bonds is 10. The highest BCUT2D eigenvalue weighted by Gasteiger charge is 2.35. The van der Waals surface area contributed by atoms with Gasteiger partial charge in [0.2, 0.25) is 0 Å². The van der Waals surface area contributed by atoms with Gasteiger partial charge >= 0.3 is 23.9 Å². The Morgan fingerprint density at radius 2 is 1.21 bits per heavy atom. The Balaban J connectivity index is 0.00000133. The molecule has 6 N–H and O–H groups in total. The number of carbonyl (C=O) groups is 4. The molecular weight excluding hydrogens is 450 g/mol. The SMILES string of the molecule is CC[C@](N)(CCC(=O)Oc1ccc(C(=O)O)cc1)C(=O)Oc1ccc(C(=O)O)cc1.OCCO. The topological polar surface area (TPSA) is 194 Å². The van der Waals surface area contributed by atoms with Crippen LogP contribution in [0.25, 0.3) is 0 Å². The molecule has 0 heterocycles. The van der Waals surface area contributed by atoms with Gasteiger partial charge < -0.3 is 35.6 Å². The second kappa shape index (κ2) is 13.7. The van der Waals surface area contributed by atoms with Gasteiger partial charge in [0, 0.05) is 6.42 Å². The fraction of sp³-hybridized carbons (Fsp3) is 0.304. The van der Waals surface area contributed by atoms with Gasteiger partial charge in [-0.05, 0) is 61.4 Å². The van der Waals surface area contributed by atoms with Crippen molar-refractivity contribution in [3.8, 4) is 11.5 Å². The highest BCUT2D eigenvalue weighted by atomic mass is 16.5. The van der Waals surface area contributed by atoms with Gasteiger partial charge in [0.1, 0.15) is 17.0 Å². The Bertz CT molecular complexity index is 970. The zero-order valence-corrected chi connectivity index (χ0v) is 18.5. The van der Waals surface area contributed by atoms with Crippen LogP contribution in [-0.4, -0.2) is 63.1 Å². The molecule has 11 nitrogen and oxygen atoms in total. The minimum Gasteiger partial charge on any atom is -0.478 e. The number of carbonyl (C=O) groups excluding carboxylic acids is 2. The Hall–Kier alpha value is -3.80. The molecule has 0 saturated carbocycles. The van der Waals surface area contributed by atoms with Gasteiger partial charge in [-0.25, -0.2) is 14.4 Å². The average Bonchev–Trinajstić information content (AvgIpc) is 2.83. The van der Waals surface area contributed by atoms with Crippen LogP contribution >= 0.6 is 0 Å². The zero-order valence-electron chi connectivity index (χ0n) is 18.5. The molecule has 0 radical (unpaired) electrons. The number of aliphatic hydroxyl groups excluding tert-OH is 2. The lowest BCUT2D eigenvalue weighted by Crippen LogP contribution is -2.50. The third kappa shape index (κ3) is 8.98. The van der Waals surface area contributed by atoms with E-state index in [9.17, 15) is 19.2 Å². The van der Waals surface area contributed by atoms with Crippen LogP contribution in [0.5, 0.6) is 11.5 Å². The van der Waals surface area contributed by atoms with E-state index in [1.165, 1.54) is 48.5 Å². The van der Waals surface area contributed by atoms with Crippen LogP contribution in [0.3, 0.4) is 0 Å². The Morgan fingerprint density at radius 3 is 1.56 bits per heavy atom. The van der Waals surface area contributed by atoms with E-state index in [-0.39, 0.29) is 55.1 Å². The van der Waals surface area contributed by atoms with Crippen LogP contribution in [-0.2, 0) is 9.59 Å². The molecule has 1 atom stereocenters. The quantitative estimate of drug-likeness (QED) is 0.245. The Labute approximate surface area is 195 Å². The van der Waals surface area contributed by atoms with Gasteiger partial charge in [-0.2, -0.15) is 0 Å². The van der Waals surface area contributed by atoms with Crippen molar-refractivity contribution in [2.24, 2.45) is 5.73 Å². The molecule has 0 unspecified atom stereocenters. The van der Waals surface area contributed by atoms with Crippen molar-refractivity contribution in [2.45, 2.75) is 31.7 Å². The van der Waals surface area contributed by atoms with Crippen molar-refractivity contribution >= 4 is 23.9 Å². The third-order valence-electron chi connectivity index (χ3n) is 4.56. The number of carboxylic acids is 2. The van der Waals surface area contributed by atoms with Gasteiger partial charge in [-0.1, -0.05) is 6.92 Å². The van der Waals surface area contributed by atoms with Gasteiger partial charge in [0.05, 0.1) is 24.3 Å². The summed E-state index contributed by atoms with van der Waals surface area (Å²) in [5.74, 6) is -3.29. The number of hydrogen-bond acceptors (Lipinski definition) is 9. The van der Waals surface area contributed by atoms with E-state index in [2.05, 4.69) is 0 Å². The molecule has 0 spiro atoms. The lowest BCUT2D eigenvalue weighted by atomic mass is 9.91. The molecule has 34 heavy (non-hydrogen) atoms. The maximum atomic E-state index is 12.5. The van der Waals surface area contributed by atoms with Gasteiger partial charge in [-0.3, -0.25) is 4.79 Å². The maximum absolute atomic E-state index is 12.5. The van der Waals surface area contributed by atoms with E-state index in [4.69, 9.17) is 35.6 Å². The molecule has 0 aliphatic rings. The lowest BCUT2D eigenvalue weighted by Gasteiger charge is -2.25. The number of hydrogen-bond donors (Lipinski definition) is 5. The number of ether oxygens (including phenoxy) is 2. The molecule has 0 aromatic heterocycles. The van der Waals surface area contributed by atoms with Crippen LogP contribution in [0.15, 0.2) is 48.5 Å². The first-order chi connectivity index (χ1) is 16.1. The third-order valence-corrected chi connectivity index (χ3v) is 4.56. The van der Waals surface area contributed by atoms with Crippen LogP contribution in [0.4, 0.5) is 0 Å². The second-order valence-electron chi connectivity index (χ2n) is 6.98. The monoisotopic (exact) mass is 477 g/mol. The minimum absolute atomic E-state index is 0.0401. The molecule has 2 aromatic rings. The van der Waals surface area contributed by atoms with Crippen molar-refractivity contribution < 1.29 is 49.1 Å². The fourth-order valence-corrected chi connectivity index (χ4v) is 2.47. The predicted molar refractivity (Wildman–Crippen MR) is 119 cm³/mol. The molecule has 184 valence electrons. The summed E-state index contributed by atoms with van der Waals surface area (Å²) >= 11 is 0. The molecule has 0 amide bonds. The summed E-state index contributed by atoms with van der Waals surface area (Å²) in [5.41, 5.74) is 4.77. The van der Waals surface area contributed by atoms with E-state index < -0.39 is 29.4 Å². The van der Waals surface area contributed by atoms with Crippen molar-refractivity contribution in [3.05, 3.63) is 59.7 Å². The molecule has 0 aliphatic heterocycles. The van der Waals surface area contributed by atoms with Crippen molar-refractivity contribution in [1.29, 1.82) is 0 Å². The van der Waals surface area contributed by atoms with E-state index in [1.807, 2.05) is 0 Å². The van der Waals surface area contributed by atoms with Crippen LogP contribution in [0, 0.1) is 0 Å². The summed E-state index contributed by atoms with van der Waals surface area (Å²) < 4.78 is 10.4. The molecule has 0 saturated heterocycles. The molecule has 0 fully saturated rings. The van der Waals surface area contributed by atoms with Crippen molar-refractivity contribution in [3.63, 3.8) is 0 Å². The highest BCUT2D eigenvalue weighted by molar-refractivity contribution is 5.88. The summed E-state index contributed by atoms with van der Waals surface area (Å²) in [4.78, 5) is 46.3. The van der Waals surface area contributed by atoms with E-state index >= 15 is 0 Å². The standard InChI is InChI=1S/C21H21NO8.C2H6O2/c1-2-21(22,20(28)30-16-9-5-14(6-10-16)19(26)27)12-11-17(23)29-15-7-3-13(4-8-15)18(24)25;3-1-2-4/h3-10H,2,11-12,22H2,1H3,(H,24,25)(H,26,27);3-4H,1-2H2/t21-;/m0./s1. The van der Waals surface area contributed by atoms with Crippen LogP contribution in [0.1, 0.15) is 46.9 Å². The number of benzene rings is 2. The molecule has 2 aromatic carbocycles. The first kappa shape index (κ1) is 28.2. The summed E-state index contributed by atoms with van der Waals surface area (Å²) in [6, 6.07) is 10.6. The smallest absolute Gasteiger partial charge is 0.335 e. The van der Waals surface area contributed by atoms with E-state index in [0.29, 0.717) is 0 Å². The first-order valence-electron chi connectivity index (χ1n) is 10.2. The predicted octanol–water partition coefficient (Wildman–Crippen LogP) is 1.45. The maximum Gasteiger partial charge on any atom is 0.335 e. The van der Waals surface area contributed by atoms with Crippen molar-refractivity contribution in [1.82, 2.24) is 0 Å². The Morgan fingerprint density at radius 1 is 0.794 bits per heavy atom. The highest BCUT2D eigenvalue weighted by Crippen LogP contribution is 2.21. The fourth-order valence-electron chi connectivity index (χ4n) is 2.47. The molecule has 0 bridgehead atoms. The number of aromatic carboxylic acids is 2. The summed E-state index contributed by atoms with van der Waals surface area (Å²) in [6.45, 7) is 1.42. The molecule has 0 aliphatic carbocycles. The molecule has 11 heteroatoms.